The Morgan fingerprint density at radius 3 is 1.96 bits per heavy atom. The van der Waals surface area contributed by atoms with E-state index in [0.717, 1.165) is 12.0 Å². The Bertz CT molecular complexity index is 418. The molecule has 150 valence electrons. The predicted octanol–water partition coefficient (Wildman–Crippen LogP) is 1.59. The van der Waals surface area contributed by atoms with E-state index in [4.69, 9.17) is 4.74 Å². The average molecular weight is 365 g/mol. The van der Waals surface area contributed by atoms with Gasteiger partial charge in [0.2, 0.25) is 0 Å². The lowest BCUT2D eigenvalue weighted by molar-refractivity contribution is -0.108. The fourth-order valence-electron chi connectivity index (χ4n) is 5.24. The molecule has 3 heterocycles. The molecular weight excluding hydrogens is 324 g/mol. The van der Waals surface area contributed by atoms with Crippen LogP contribution in [0.2, 0.25) is 0 Å². The summed E-state index contributed by atoms with van der Waals surface area (Å²) in [6, 6.07) is 0.804. The molecule has 0 radical (unpaired) electrons. The number of likely N-dealkylation sites (N-methyl/N-ethyl adjacent to an activating group) is 1. The van der Waals surface area contributed by atoms with Gasteiger partial charge in [0.15, 0.2) is 0 Å². The molecule has 26 heavy (non-hydrogen) atoms. The van der Waals surface area contributed by atoms with Crippen LogP contribution < -0.4 is 0 Å². The highest BCUT2D eigenvalue weighted by atomic mass is 16.5. The first-order valence-corrected chi connectivity index (χ1v) is 11.1. The van der Waals surface area contributed by atoms with E-state index in [1.807, 2.05) is 0 Å². The summed E-state index contributed by atoms with van der Waals surface area (Å²) in [6.45, 7) is 11.4. The van der Waals surface area contributed by atoms with E-state index in [9.17, 15) is 0 Å². The molecule has 0 spiro atoms. The Morgan fingerprint density at radius 1 is 0.692 bits per heavy atom. The van der Waals surface area contributed by atoms with Crippen molar-refractivity contribution < 1.29 is 4.74 Å². The molecule has 0 unspecified atom stereocenters. The van der Waals surface area contributed by atoms with Crippen molar-refractivity contribution in [1.82, 2.24) is 19.6 Å². The summed E-state index contributed by atoms with van der Waals surface area (Å²) in [7, 11) is 4.50. The molecule has 3 aliphatic heterocycles. The number of likely N-dealkylation sites (tertiary alicyclic amines) is 2. The van der Waals surface area contributed by atoms with Gasteiger partial charge in [-0.2, -0.15) is 0 Å². The number of rotatable bonds is 5. The normalized spacial score (nSPS) is 34.8. The second-order valence-corrected chi connectivity index (χ2v) is 9.47. The van der Waals surface area contributed by atoms with Gasteiger partial charge in [-0.1, -0.05) is 0 Å². The monoisotopic (exact) mass is 364 g/mol. The highest BCUT2D eigenvalue weighted by molar-refractivity contribution is 4.91. The molecule has 0 aromatic rings. The summed E-state index contributed by atoms with van der Waals surface area (Å²) < 4.78 is 6.45. The zero-order chi connectivity index (χ0) is 17.9. The van der Waals surface area contributed by atoms with Crippen LogP contribution in [0.15, 0.2) is 0 Å². The summed E-state index contributed by atoms with van der Waals surface area (Å²) in [5.41, 5.74) is 0. The van der Waals surface area contributed by atoms with Gasteiger partial charge in [0.1, 0.15) is 0 Å². The van der Waals surface area contributed by atoms with Gasteiger partial charge in [0.05, 0.1) is 12.2 Å². The van der Waals surface area contributed by atoms with Gasteiger partial charge in [-0.25, -0.2) is 0 Å². The molecule has 4 aliphatic rings. The van der Waals surface area contributed by atoms with Gasteiger partial charge in [-0.05, 0) is 71.6 Å². The van der Waals surface area contributed by atoms with E-state index >= 15 is 0 Å². The van der Waals surface area contributed by atoms with E-state index < -0.39 is 0 Å². The number of hydrogen-bond donors (Lipinski definition) is 0. The molecule has 1 aliphatic carbocycles. The molecule has 4 rings (SSSR count). The van der Waals surface area contributed by atoms with Crippen LogP contribution in [0.3, 0.4) is 0 Å². The van der Waals surface area contributed by atoms with Gasteiger partial charge in [-0.3, -0.25) is 4.90 Å². The topological polar surface area (TPSA) is 22.2 Å². The molecular formula is C21H40N4O. The maximum atomic E-state index is 6.45. The number of nitrogens with zero attached hydrogens (tertiary/aromatic N) is 4. The van der Waals surface area contributed by atoms with Crippen molar-refractivity contribution in [2.75, 3.05) is 73.0 Å². The third-order valence-corrected chi connectivity index (χ3v) is 7.40. The van der Waals surface area contributed by atoms with E-state index in [2.05, 4.69) is 33.7 Å². The van der Waals surface area contributed by atoms with Crippen molar-refractivity contribution in [3.63, 3.8) is 0 Å². The minimum absolute atomic E-state index is 0.530. The molecule has 1 saturated carbocycles. The zero-order valence-electron chi connectivity index (χ0n) is 17.1. The first-order chi connectivity index (χ1) is 12.7. The zero-order valence-corrected chi connectivity index (χ0v) is 17.1. The molecule has 4 fully saturated rings. The van der Waals surface area contributed by atoms with Crippen molar-refractivity contribution in [2.45, 2.75) is 56.8 Å². The molecule has 0 bridgehead atoms. The summed E-state index contributed by atoms with van der Waals surface area (Å²) >= 11 is 0. The Labute approximate surface area is 160 Å². The second-order valence-electron chi connectivity index (χ2n) is 9.47. The highest BCUT2D eigenvalue weighted by Gasteiger charge is 2.37. The lowest BCUT2D eigenvalue weighted by Crippen LogP contribution is -2.55. The molecule has 0 N–H and O–H groups in total. The van der Waals surface area contributed by atoms with Crippen LogP contribution in [0.5, 0.6) is 0 Å². The SMILES string of the molecule is CN1CCC(CN2CCC(OC3CC(N4CCN(C)CC4)C3)CC2)CC1. The van der Waals surface area contributed by atoms with Gasteiger partial charge in [0.25, 0.3) is 0 Å². The van der Waals surface area contributed by atoms with Gasteiger partial charge < -0.3 is 19.4 Å². The maximum Gasteiger partial charge on any atom is 0.0608 e. The number of piperidine rings is 2. The van der Waals surface area contributed by atoms with Gasteiger partial charge >= 0.3 is 0 Å². The largest absolute Gasteiger partial charge is 0.375 e. The summed E-state index contributed by atoms with van der Waals surface area (Å²) in [6.07, 6.45) is 8.92. The fraction of sp³-hybridized carbons (Fsp3) is 1.00. The Morgan fingerprint density at radius 2 is 1.31 bits per heavy atom. The van der Waals surface area contributed by atoms with Crippen LogP contribution in [0.4, 0.5) is 0 Å². The number of piperazine rings is 1. The molecule has 0 aromatic carbocycles. The Hall–Kier alpha value is -0.200. The quantitative estimate of drug-likeness (QED) is 0.737. The van der Waals surface area contributed by atoms with Crippen molar-refractivity contribution in [1.29, 1.82) is 0 Å². The van der Waals surface area contributed by atoms with Crippen LogP contribution in [-0.4, -0.2) is 111 Å². The van der Waals surface area contributed by atoms with E-state index in [-0.39, 0.29) is 0 Å². The van der Waals surface area contributed by atoms with Crippen molar-refractivity contribution in [3.05, 3.63) is 0 Å². The van der Waals surface area contributed by atoms with Crippen LogP contribution in [0.1, 0.15) is 38.5 Å². The van der Waals surface area contributed by atoms with Gasteiger partial charge in [0, 0.05) is 51.9 Å². The van der Waals surface area contributed by atoms with E-state index in [0.29, 0.717) is 12.2 Å². The first-order valence-electron chi connectivity index (χ1n) is 11.1. The molecule has 5 nitrogen and oxygen atoms in total. The number of hydrogen-bond acceptors (Lipinski definition) is 5. The van der Waals surface area contributed by atoms with Crippen molar-refractivity contribution in [3.8, 4) is 0 Å². The molecule has 5 heteroatoms. The minimum atomic E-state index is 0.530. The minimum Gasteiger partial charge on any atom is -0.375 e. The maximum absolute atomic E-state index is 6.45. The summed E-state index contributed by atoms with van der Waals surface area (Å²) in [5.74, 6) is 0.930. The van der Waals surface area contributed by atoms with Crippen LogP contribution in [0.25, 0.3) is 0 Å². The Balaban J connectivity index is 1.09. The van der Waals surface area contributed by atoms with Crippen LogP contribution in [0, 0.1) is 5.92 Å². The first kappa shape index (κ1) is 19.1. The average Bonchev–Trinajstić information content (AvgIpc) is 2.62. The predicted molar refractivity (Wildman–Crippen MR) is 107 cm³/mol. The summed E-state index contributed by atoms with van der Waals surface area (Å²) in [4.78, 5) is 10.3. The summed E-state index contributed by atoms with van der Waals surface area (Å²) in [5, 5.41) is 0. The molecule has 0 amide bonds. The third-order valence-electron chi connectivity index (χ3n) is 7.40. The molecule has 3 saturated heterocycles. The van der Waals surface area contributed by atoms with Crippen LogP contribution in [-0.2, 0) is 4.74 Å². The molecule has 0 atom stereocenters. The third kappa shape index (κ3) is 4.99. The van der Waals surface area contributed by atoms with E-state index in [1.165, 1.54) is 97.4 Å². The van der Waals surface area contributed by atoms with Gasteiger partial charge in [-0.15, -0.1) is 0 Å². The number of ether oxygens (including phenoxy) is 1. The fourth-order valence-corrected chi connectivity index (χ4v) is 5.24. The van der Waals surface area contributed by atoms with E-state index in [1.54, 1.807) is 0 Å². The second kappa shape index (κ2) is 8.87. The smallest absolute Gasteiger partial charge is 0.0608 e. The lowest BCUT2D eigenvalue weighted by Gasteiger charge is -2.47. The molecule has 0 aromatic heterocycles. The van der Waals surface area contributed by atoms with Crippen LogP contribution >= 0.6 is 0 Å². The van der Waals surface area contributed by atoms with Crippen molar-refractivity contribution in [2.24, 2.45) is 5.92 Å². The standard InChI is InChI=1S/C21H40N4O/c1-22-7-3-18(4-8-22)17-24-9-5-20(6-10-24)26-21-15-19(16-21)25-13-11-23(2)12-14-25/h18-21H,3-17H2,1-2H3. The van der Waals surface area contributed by atoms with Crippen molar-refractivity contribution >= 4 is 0 Å². The lowest BCUT2D eigenvalue weighted by atomic mass is 9.87. The Kier molecular flexibility index (Phi) is 6.53. The highest BCUT2D eigenvalue weighted by Crippen LogP contribution is 2.31.